The predicted molar refractivity (Wildman–Crippen MR) is 92.0 cm³/mol. The van der Waals surface area contributed by atoms with Crippen LogP contribution in [0, 0.1) is 0 Å². The lowest BCUT2D eigenvalue weighted by atomic mass is 10.3. The van der Waals surface area contributed by atoms with Crippen molar-refractivity contribution < 1.29 is 22.7 Å². The minimum Gasteiger partial charge on any atom is -0.406 e. The topological polar surface area (TPSA) is 100 Å². The number of halogens is 3. The number of fused-ring (bicyclic) bond motifs is 1. The monoisotopic (exact) mass is 397 g/mol. The number of aryl methyl sites for hydroxylation is 1. The van der Waals surface area contributed by atoms with Gasteiger partial charge in [-0.2, -0.15) is 0 Å². The predicted octanol–water partition coefficient (Wildman–Crippen LogP) is 0.971. The highest BCUT2D eigenvalue weighted by molar-refractivity contribution is 5.91. The lowest BCUT2D eigenvalue weighted by molar-refractivity contribution is -0.274. The van der Waals surface area contributed by atoms with Crippen molar-refractivity contribution in [3.63, 3.8) is 0 Å². The van der Waals surface area contributed by atoms with Crippen molar-refractivity contribution >= 4 is 22.8 Å². The molecule has 0 radical (unpaired) electrons. The fourth-order valence-electron chi connectivity index (χ4n) is 2.64. The van der Waals surface area contributed by atoms with Crippen LogP contribution in [-0.2, 0) is 25.4 Å². The van der Waals surface area contributed by atoms with Crippen LogP contribution in [0.5, 0.6) is 5.75 Å². The number of aromatic nitrogens is 4. The second-order valence-corrected chi connectivity index (χ2v) is 5.87. The van der Waals surface area contributed by atoms with Crippen LogP contribution in [0.4, 0.5) is 18.9 Å². The van der Waals surface area contributed by atoms with Gasteiger partial charge in [-0.1, -0.05) is 6.07 Å². The van der Waals surface area contributed by atoms with E-state index < -0.39 is 29.3 Å². The van der Waals surface area contributed by atoms with E-state index in [1.807, 2.05) is 0 Å². The molecule has 0 atom stereocenters. The highest BCUT2D eigenvalue weighted by Crippen LogP contribution is 2.25. The minimum atomic E-state index is -4.85. The normalized spacial score (nSPS) is 11.6. The molecule has 2 aromatic heterocycles. The zero-order valence-electron chi connectivity index (χ0n) is 14.6. The fourth-order valence-corrected chi connectivity index (χ4v) is 2.64. The summed E-state index contributed by atoms with van der Waals surface area (Å²) in [4.78, 5) is 40.5. The molecule has 0 unspecified atom stereocenters. The van der Waals surface area contributed by atoms with E-state index in [4.69, 9.17) is 0 Å². The van der Waals surface area contributed by atoms with Crippen LogP contribution >= 0.6 is 0 Å². The van der Waals surface area contributed by atoms with Crippen molar-refractivity contribution in [3.8, 4) is 5.75 Å². The summed E-state index contributed by atoms with van der Waals surface area (Å²) >= 11 is 0. The van der Waals surface area contributed by atoms with E-state index in [0.29, 0.717) is 0 Å². The molecule has 0 aliphatic carbocycles. The third-order valence-corrected chi connectivity index (χ3v) is 3.88. The molecule has 2 heterocycles. The molecule has 0 aliphatic heterocycles. The first kappa shape index (κ1) is 19.2. The Bertz CT molecular complexity index is 1180. The standard InChI is InChI=1S/C16H14F3N5O4/c1-22-13-12(14(26)23(2)15(22)27)24(8-20-13)7-11(25)21-9-4-3-5-10(6-9)28-16(17,18)19/h3-6,8H,7H2,1-2H3,(H,21,25). The highest BCUT2D eigenvalue weighted by atomic mass is 19.4. The van der Waals surface area contributed by atoms with Gasteiger partial charge in [-0.05, 0) is 12.1 Å². The Morgan fingerprint density at radius 2 is 1.93 bits per heavy atom. The molecule has 1 aromatic carbocycles. The number of carbonyl (C=O) groups is 1. The first-order valence-corrected chi connectivity index (χ1v) is 7.83. The van der Waals surface area contributed by atoms with Crippen LogP contribution in [0.3, 0.4) is 0 Å². The SMILES string of the molecule is Cn1c(=O)c2c(ncn2CC(=O)Nc2cccc(OC(F)(F)F)c2)n(C)c1=O. The lowest BCUT2D eigenvalue weighted by Crippen LogP contribution is -2.37. The number of hydrogen-bond acceptors (Lipinski definition) is 5. The smallest absolute Gasteiger partial charge is 0.406 e. The number of carbonyl (C=O) groups excluding carboxylic acids is 1. The molecule has 0 aliphatic rings. The second kappa shape index (κ2) is 6.87. The minimum absolute atomic E-state index is 0.0499. The Kier molecular flexibility index (Phi) is 4.71. The van der Waals surface area contributed by atoms with Crippen LogP contribution in [0.25, 0.3) is 11.2 Å². The molecule has 0 fully saturated rings. The number of nitrogens with one attached hydrogen (secondary N) is 1. The zero-order valence-corrected chi connectivity index (χ0v) is 14.6. The van der Waals surface area contributed by atoms with E-state index in [1.54, 1.807) is 0 Å². The molecule has 1 amide bonds. The number of alkyl halides is 3. The van der Waals surface area contributed by atoms with Gasteiger partial charge in [-0.15, -0.1) is 13.2 Å². The maximum Gasteiger partial charge on any atom is 0.573 e. The van der Waals surface area contributed by atoms with Crippen molar-refractivity contribution in [1.29, 1.82) is 0 Å². The summed E-state index contributed by atoms with van der Waals surface area (Å²) in [5.74, 6) is -1.10. The molecule has 3 aromatic rings. The maximum absolute atomic E-state index is 12.3. The van der Waals surface area contributed by atoms with Crippen LogP contribution < -0.4 is 21.3 Å². The van der Waals surface area contributed by atoms with Gasteiger partial charge in [0.25, 0.3) is 5.56 Å². The average Bonchev–Trinajstić information content (AvgIpc) is 3.00. The third kappa shape index (κ3) is 3.75. The van der Waals surface area contributed by atoms with Crippen LogP contribution in [-0.4, -0.2) is 31.0 Å². The van der Waals surface area contributed by atoms with Crippen LogP contribution in [0.2, 0.25) is 0 Å². The zero-order chi connectivity index (χ0) is 20.6. The van der Waals surface area contributed by atoms with Gasteiger partial charge in [0.1, 0.15) is 12.3 Å². The van der Waals surface area contributed by atoms with E-state index in [1.165, 1.54) is 41.7 Å². The third-order valence-electron chi connectivity index (χ3n) is 3.88. The van der Waals surface area contributed by atoms with Crippen molar-refractivity contribution in [2.24, 2.45) is 14.1 Å². The van der Waals surface area contributed by atoms with Gasteiger partial charge < -0.3 is 14.6 Å². The van der Waals surface area contributed by atoms with Gasteiger partial charge in [-0.25, -0.2) is 9.78 Å². The second-order valence-electron chi connectivity index (χ2n) is 5.87. The number of nitrogens with zero attached hydrogens (tertiary/aromatic N) is 4. The molecule has 0 bridgehead atoms. The molecule has 148 valence electrons. The van der Waals surface area contributed by atoms with Crippen molar-refractivity contribution in [1.82, 2.24) is 18.7 Å². The van der Waals surface area contributed by atoms with Gasteiger partial charge in [0.05, 0.1) is 6.33 Å². The first-order valence-electron chi connectivity index (χ1n) is 7.83. The van der Waals surface area contributed by atoms with E-state index in [-0.39, 0.29) is 23.4 Å². The Morgan fingerprint density at radius 3 is 2.61 bits per heavy atom. The molecular formula is C16H14F3N5O4. The summed E-state index contributed by atoms with van der Waals surface area (Å²) in [5, 5.41) is 2.42. The quantitative estimate of drug-likeness (QED) is 0.707. The summed E-state index contributed by atoms with van der Waals surface area (Å²) in [6.07, 6.45) is -3.62. The first-order chi connectivity index (χ1) is 13.1. The molecular weight excluding hydrogens is 383 g/mol. The molecule has 3 rings (SSSR count). The van der Waals surface area contributed by atoms with E-state index in [9.17, 15) is 27.6 Å². The van der Waals surface area contributed by atoms with E-state index in [0.717, 1.165) is 16.7 Å². The summed E-state index contributed by atoms with van der Waals surface area (Å²) in [6, 6.07) is 4.78. The Balaban J connectivity index is 1.84. The van der Waals surface area contributed by atoms with Crippen molar-refractivity contribution in [2.45, 2.75) is 12.9 Å². The van der Waals surface area contributed by atoms with Gasteiger partial charge in [-0.3, -0.25) is 18.7 Å². The van der Waals surface area contributed by atoms with Crippen molar-refractivity contribution in [2.75, 3.05) is 5.32 Å². The number of benzene rings is 1. The van der Waals surface area contributed by atoms with Gasteiger partial charge in [0.15, 0.2) is 11.2 Å². The van der Waals surface area contributed by atoms with Gasteiger partial charge in [0, 0.05) is 25.8 Å². The largest absolute Gasteiger partial charge is 0.573 e. The van der Waals surface area contributed by atoms with Crippen molar-refractivity contribution in [3.05, 3.63) is 51.4 Å². The maximum atomic E-state index is 12.3. The molecule has 9 nitrogen and oxygen atoms in total. The summed E-state index contributed by atoms with van der Waals surface area (Å²) in [6.45, 7) is -0.339. The molecule has 1 N–H and O–H groups in total. The summed E-state index contributed by atoms with van der Waals surface area (Å²) in [5.41, 5.74) is -0.940. The summed E-state index contributed by atoms with van der Waals surface area (Å²) < 4.78 is 44.0. The number of amides is 1. The highest BCUT2D eigenvalue weighted by Gasteiger charge is 2.31. The molecule has 28 heavy (non-hydrogen) atoms. The number of anilines is 1. The number of ether oxygens (including phenoxy) is 1. The number of hydrogen-bond donors (Lipinski definition) is 1. The lowest BCUT2D eigenvalue weighted by Gasteiger charge is -2.11. The fraction of sp³-hybridized carbons (Fsp3) is 0.250. The number of rotatable bonds is 4. The molecule has 0 spiro atoms. The van der Waals surface area contributed by atoms with Gasteiger partial charge in [0.2, 0.25) is 5.91 Å². The Labute approximate surface area is 154 Å². The number of imidazole rings is 1. The van der Waals surface area contributed by atoms with Gasteiger partial charge >= 0.3 is 12.1 Å². The summed E-state index contributed by atoms with van der Waals surface area (Å²) in [7, 11) is 2.74. The Hall–Kier alpha value is -3.57. The van der Waals surface area contributed by atoms with Crippen LogP contribution in [0.15, 0.2) is 40.2 Å². The Morgan fingerprint density at radius 1 is 1.21 bits per heavy atom. The average molecular weight is 397 g/mol. The molecule has 0 saturated heterocycles. The molecule has 0 saturated carbocycles. The van der Waals surface area contributed by atoms with E-state index >= 15 is 0 Å². The van der Waals surface area contributed by atoms with E-state index in [2.05, 4.69) is 15.0 Å². The van der Waals surface area contributed by atoms with Crippen LogP contribution in [0.1, 0.15) is 0 Å². The molecule has 12 heteroatoms.